The molecule has 25 heavy (non-hydrogen) atoms. The Kier molecular flexibility index (Phi) is 4.65. The third-order valence-corrected chi connectivity index (χ3v) is 4.95. The van der Waals surface area contributed by atoms with Crippen molar-refractivity contribution in [2.45, 2.75) is 38.0 Å². The summed E-state index contributed by atoms with van der Waals surface area (Å²) in [5, 5.41) is 0. The molecular formula is C20H22N2O3. The van der Waals surface area contributed by atoms with E-state index in [2.05, 4.69) is 4.98 Å². The van der Waals surface area contributed by atoms with Gasteiger partial charge in [-0.15, -0.1) is 0 Å². The first kappa shape index (κ1) is 16.1. The van der Waals surface area contributed by atoms with E-state index >= 15 is 0 Å². The summed E-state index contributed by atoms with van der Waals surface area (Å²) in [7, 11) is 0. The van der Waals surface area contributed by atoms with Crippen LogP contribution in [0.5, 0.6) is 5.88 Å². The Bertz CT molecular complexity index is 735. The number of fused-ring (bicyclic) bond motifs is 1. The van der Waals surface area contributed by atoms with Crippen LogP contribution in [0.1, 0.15) is 35.2 Å². The molecule has 5 nitrogen and oxygen atoms in total. The molecule has 2 fully saturated rings. The lowest BCUT2D eigenvalue weighted by atomic mass is 10.1. The fourth-order valence-electron chi connectivity index (χ4n) is 3.70. The van der Waals surface area contributed by atoms with Gasteiger partial charge < -0.3 is 14.4 Å². The van der Waals surface area contributed by atoms with Gasteiger partial charge in [0.05, 0.1) is 18.8 Å². The Hall–Kier alpha value is -2.40. The Morgan fingerprint density at radius 1 is 1.24 bits per heavy atom. The number of benzene rings is 1. The van der Waals surface area contributed by atoms with Gasteiger partial charge in [0.1, 0.15) is 6.61 Å². The molecule has 0 spiro atoms. The lowest BCUT2D eigenvalue weighted by molar-refractivity contribution is -0.0445. The van der Waals surface area contributed by atoms with Crippen molar-refractivity contribution < 1.29 is 14.3 Å². The summed E-state index contributed by atoms with van der Waals surface area (Å²) < 4.78 is 11.5. The highest BCUT2D eigenvalue weighted by molar-refractivity contribution is 5.94. The molecule has 5 heteroatoms. The summed E-state index contributed by atoms with van der Waals surface area (Å²) in [6.07, 6.45) is 5.05. The fourth-order valence-corrected chi connectivity index (χ4v) is 3.70. The minimum Gasteiger partial charge on any atom is -0.473 e. The van der Waals surface area contributed by atoms with Crippen LogP contribution in [-0.4, -0.2) is 41.1 Å². The van der Waals surface area contributed by atoms with Gasteiger partial charge in [-0.1, -0.05) is 30.3 Å². The van der Waals surface area contributed by atoms with E-state index in [0.717, 1.165) is 24.8 Å². The topological polar surface area (TPSA) is 51.7 Å². The number of amides is 1. The van der Waals surface area contributed by atoms with Gasteiger partial charge in [0.2, 0.25) is 5.88 Å². The average Bonchev–Trinajstić information content (AvgIpc) is 3.16. The second kappa shape index (κ2) is 7.23. The summed E-state index contributed by atoms with van der Waals surface area (Å²) in [5.41, 5.74) is 1.70. The number of hydrogen-bond acceptors (Lipinski definition) is 4. The van der Waals surface area contributed by atoms with Crippen molar-refractivity contribution in [3.8, 4) is 5.88 Å². The van der Waals surface area contributed by atoms with Crippen LogP contribution in [0.2, 0.25) is 0 Å². The average molecular weight is 338 g/mol. The molecule has 2 heterocycles. The fraction of sp³-hybridized carbons (Fsp3) is 0.400. The second-order valence-corrected chi connectivity index (χ2v) is 6.56. The van der Waals surface area contributed by atoms with Gasteiger partial charge in [-0.3, -0.25) is 4.79 Å². The Balaban J connectivity index is 1.46. The van der Waals surface area contributed by atoms with E-state index in [1.54, 1.807) is 18.3 Å². The summed E-state index contributed by atoms with van der Waals surface area (Å²) in [5.74, 6) is 0.526. The molecule has 130 valence electrons. The minimum absolute atomic E-state index is 0.0483. The van der Waals surface area contributed by atoms with E-state index in [1.807, 2.05) is 35.2 Å². The van der Waals surface area contributed by atoms with E-state index in [-0.39, 0.29) is 18.1 Å². The first-order valence-corrected chi connectivity index (χ1v) is 8.86. The highest BCUT2D eigenvalue weighted by Crippen LogP contribution is 2.30. The number of aromatic nitrogens is 1. The number of carbonyl (C=O) groups is 1. The van der Waals surface area contributed by atoms with Crippen LogP contribution in [0.25, 0.3) is 0 Å². The number of ether oxygens (including phenoxy) is 2. The lowest BCUT2D eigenvalue weighted by Crippen LogP contribution is -2.51. The SMILES string of the molecule is O=C(c1ccnc(OCc2ccccc2)c1)N1CCO[C@@H]2CCC[C@H]21. The van der Waals surface area contributed by atoms with Gasteiger partial charge in [0.25, 0.3) is 5.91 Å². The molecule has 1 aromatic carbocycles. The molecule has 1 aromatic heterocycles. The van der Waals surface area contributed by atoms with Crippen molar-refractivity contribution in [3.63, 3.8) is 0 Å². The molecule has 1 aliphatic heterocycles. The molecule has 4 rings (SSSR count). The van der Waals surface area contributed by atoms with E-state index in [4.69, 9.17) is 9.47 Å². The quantitative estimate of drug-likeness (QED) is 0.860. The summed E-state index contributed by atoms with van der Waals surface area (Å²) in [4.78, 5) is 19.2. The smallest absolute Gasteiger partial charge is 0.254 e. The standard InChI is InChI=1S/C20H22N2O3/c23-20(22-11-12-24-18-8-4-7-17(18)22)16-9-10-21-19(13-16)25-14-15-5-2-1-3-6-15/h1-3,5-6,9-10,13,17-18H,4,7-8,11-12,14H2/t17-,18-/m1/s1. The molecule has 1 saturated carbocycles. The number of rotatable bonds is 4. The maximum Gasteiger partial charge on any atom is 0.254 e. The molecular weight excluding hydrogens is 316 g/mol. The van der Waals surface area contributed by atoms with Gasteiger partial charge >= 0.3 is 0 Å². The maximum absolute atomic E-state index is 13.0. The molecule has 0 N–H and O–H groups in total. The van der Waals surface area contributed by atoms with Crippen LogP contribution < -0.4 is 4.74 Å². The Morgan fingerprint density at radius 2 is 2.12 bits per heavy atom. The zero-order valence-corrected chi connectivity index (χ0v) is 14.1. The van der Waals surface area contributed by atoms with Crippen molar-refractivity contribution in [2.75, 3.05) is 13.2 Å². The Morgan fingerprint density at radius 3 is 3.00 bits per heavy atom. The normalized spacial score (nSPS) is 22.5. The first-order valence-electron chi connectivity index (χ1n) is 8.86. The van der Waals surface area contributed by atoms with Gasteiger partial charge in [0.15, 0.2) is 0 Å². The largest absolute Gasteiger partial charge is 0.473 e. The van der Waals surface area contributed by atoms with Crippen molar-refractivity contribution in [1.29, 1.82) is 0 Å². The first-order chi connectivity index (χ1) is 12.3. The zero-order valence-electron chi connectivity index (χ0n) is 14.1. The van der Waals surface area contributed by atoms with E-state index in [0.29, 0.717) is 31.2 Å². The van der Waals surface area contributed by atoms with Crippen LogP contribution in [0.15, 0.2) is 48.7 Å². The zero-order chi connectivity index (χ0) is 17.1. The highest BCUT2D eigenvalue weighted by Gasteiger charge is 2.38. The van der Waals surface area contributed by atoms with Crippen LogP contribution in [0.4, 0.5) is 0 Å². The lowest BCUT2D eigenvalue weighted by Gasteiger charge is -2.37. The summed E-state index contributed by atoms with van der Waals surface area (Å²) in [6, 6.07) is 13.6. The summed E-state index contributed by atoms with van der Waals surface area (Å²) >= 11 is 0. The number of hydrogen-bond donors (Lipinski definition) is 0. The molecule has 2 atom stereocenters. The van der Waals surface area contributed by atoms with Gasteiger partial charge in [-0.25, -0.2) is 4.98 Å². The van der Waals surface area contributed by atoms with E-state index in [9.17, 15) is 4.79 Å². The third-order valence-electron chi connectivity index (χ3n) is 4.95. The Labute approximate surface area is 147 Å². The van der Waals surface area contributed by atoms with Crippen LogP contribution in [-0.2, 0) is 11.3 Å². The van der Waals surface area contributed by atoms with E-state index < -0.39 is 0 Å². The number of morpholine rings is 1. The van der Waals surface area contributed by atoms with Crippen molar-refractivity contribution in [3.05, 3.63) is 59.8 Å². The molecule has 1 saturated heterocycles. The second-order valence-electron chi connectivity index (χ2n) is 6.56. The highest BCUT2D eigenvalue weighted by atomic mass is 16.5. The monoisotopic (exact) mass is 338 g/mol. The van der Waals surface area contributed by atoms with E-state index in [1.165, 1.54) is 0 Å². The number of nitrogens with zero attached hydrogens (tertiary/aromatic N) is 2. The predicted molar refractivity (Wildman–Crippen MR) is 93.4 cm³/mol. The minimum atomic E-state index is 0.0483. The van der Waals surface area contributed by atoms with Gasteiger partial charge in [0, 0.05) is 24.4 Å². The van der Waals surface area contributed by atoms with Gasteiger partial charge in [-0.2, -0.15) is 0 Å². The van der Waals surface area contributed by atoms with Crippen LogP contribution in [0.3, 0.4) is 0 Å². The molecule has 2 aliphatic rings. The number of carbonyl (C=O) groups excluding carboxylic acids is 1. The molecule has 0 unspecified atom stereocenters. The predicted octanol–water partition coefficient (Wildman–Crippen LogP) is 3.05. The van der Waals surface area contributed by atoms with Crippen LogP contribution in [0, 0.1) is 0 Å². The molecule has 2 aromatic rings. The molecule has 1 aliphatic carbocycles. The molecule has 0 radical (unpaired) electrons. The maximum atomic E-state index is 13.0. The molecule has 1 amide bonds. The molecule has 0 bridgehead atoms. The summed E-state index contributed by atoms with van der Waals surface area (Å²) in [6.45, 7) is 1.71. The van der Waals surface area contributed by atoms with Crippen molar-refractivity contribution >= 4 is 5.91 Å². The third kappa shape index (κ3) is 3.51. The van der Waals surface area contributed by atoms with Gasteiger partial charge in [-0.05, 0) is 30.9 Å². The number of pyridine rings is 1. The van der Waals surface area contributed by atoms with Crippen LogP contribution >= 0.6 is 0 Å². The van der Waals surface area contributed by atoms with Crippen molar-refractivity contribution in [1.82, 2.24) is 9.88 Å². The van der Waals surface area contributed by atoms with Crippen molar-refractivity contribution in [2.24, 2.45) is 0 Å².